The van der Waals surface area contributed by atoms with E-state index in [1.54, 1.807) is 24.3 Å². The molecule has 0 radical (unpaired) electrons. The Hall–Kier alpha value is -3.31. The summed E-state index contributed by atoms with van der Waals surface area (Å²) in [5.74, 6) is 0.727. The first-order valence-corrected chi connectivity index (χ1v) is 5.77. The summed E-state index contributed by atoms with van der Waals surface area (Å²) >= 11 is 0. The van der Waals surface area contributed by atoms with Crippen molar-refractivity contribution in [2.75, 3.05) is 0 Å². The lowest BCUT2D eigenvalue weighted by Crippen LogP contribution is -1.89. The van der Waals surface area contributed by atoms with Gasteiger partial charge in [-0.05, 0) is 18.2 Å². The number of hydrogen-bond acceptors (Lipinski definition) is 5. The predicted octanol–water partition coefficient (Wildman–Crippen LogP) is 3.36. The molecule has 0 unspecified atom stereocenters. The monoisotopic (exact) mass is 261 g/mol. The summed E-state index contributed by atoms with van der Waals surface area (Å²) in [6, 6.07) is 14.3. The lowest BCUT2D eigenvalue weighted by Gasteiger charge is -2.02. The van der Waals surface area contributed by atoms with E-state index in [9.17, 15) is 0 Å². The van der Waals surface area contributed by atoms with Crippen molar-refractivity contribution in [3.05, 3.63) is 53.9 Å². The van der Waals surface area contributed by atoms with Crippen molar-refractivity contribution < 1.29 is 9.15 Å². The quantitative estimate of drug-likeness (QED) is 0.706. The van der Waals surface area contributed by atoms with Gasteiger partial charge in [0.05, 0.1) is 10.9 Å². The second kappa shape index (κ2) is 4.75. The summed E-state index contributed by atoms with van der Waals surface area (Å²) < 4.78 is 11.0. The molecule has 5 nitrogen and oxygen atoms in total. The van der Waals surface area contributed by atoms with E-state index < -0.39 is 0 Å². The highest BCUT2D eigenvalue weighted by Crippen LogP contribution is 2.35. The molecule has 0 aliphatic heterocycles. The number of rotatable bonds is 2. The fourth-order valence-corrected chi connectivity index (χ4v) is 1.81. The van der Waals surface area contributed by atoms with Gasteiger partial charge in [0.15, 0.2) is 5.75 Å². The maximum Gasteiger partial charge on any atom is 0.247 e. The van der Waals surface area contributed by atoms with Gasteiger partial charge in [-0.2, -0.15) is 10.5 Å². The highest BCUT2D eigenvalue weighted by molar-refractivity contribution is 5.86. The van der Waals surface area contributed by atoms with Crippen LogP contribution in [0.3, 0.4) is 0 Å². The summed E-state index contributed by atoms with van der Waals surface area (Å²) in [4.78, 5) is 4.01. The van der Waals surface area contributed by atoms with E-state index in [1.807, 2.05) is 24.3 Å². The van der Waals surface area contributed by atoms with Crippen molar-refractivity contribution in [3.63, 3.8) is 0 Å². The maximum absolute atomic E-state index is 9.09. The second-order valence-electron chi connectivity index (χ2n) is 3.97. The summed E-state index contributed by atoms with van der Waals surface area (Å²) in [5.41, 5.74) is 1.02. The first kappa shape index (κ1) is 11.8. The normalized spacial score (nSPS) is 9.90. The Kier molecular flexibility index (Phi) is 2.80. The summed E-state index contributed by atoms with van der Waals surface area (Å²) in [5, 5.41) is 18.5. The van der Waals surface area contributed by atoms with Gasteiger partial charge >= 0.3 is 0 Å². The number of fused-ring (bicyclic) bond motifs is 1. The van der Waals surface area contributed by atoms with Gasteiger partial charge in [0, 0.05) is 12.3 Å². The minimum absolute atomic E-state index is 0.0948. The SMILES string of the molecule is N#Cc1ccc(Oc2c(C#N)oc3ccccc23)nc1. The number of pyridine rings is 1. The van der Waals surface area contributed by atoms with E-state index in [2.05, 4.69) is 4.98 Å². The van der Waals surface area contributed by atoms with Crippen LogP contribution in [0.25, 0.3) is 11.0 Å². The number of hydrogen-bond donors (Lipinski definition) is 0. The van der Waals surface area contributed by atoms with Crippen LogP contribution in [0.15, 0.2) is 47.0 Å². The minimum atomic E-state index is 0.0948. The van der Waals surface area contributed by atoms with Crippen LogP contribution < -0.4 is 4.74 Å². The molecular formula is C15H7N3O2. The third-order valence-electron chi connectivity index (χ3n) is 2.72. The number of furan rings is 1. The minimum Gasteiger partial charge on any atom is -0.442 e. The Balaban J connectivity index is 2.05. The molecule has 5 heteroatoms. The van der Waals surface area contributed by atoms with Crippen molar-refractivity contribution in [2.45, 2.75) is 0 Å². The topological polar surface area (TPSA) is 82.8 Å². The average Bonchev–Trinajstić information content (AvgIpc) is 2.86. The Morgan fingerprint density at radius 3 is 2.60 bits per heavy atom. The van der Waals surface area contributed by atoms with Gasteiger partial charge < -0.3 is 9.15 Å². The zero-order valence-corrected chi connectivity index (χ0v) is 10.2. The van der Waals surface area contributed by atoms with E-state index in [-0.39, 0.29) is 5.76 Å². The third kappa shape index (κ3) is 1.94. The van der Waals surface area contributed by atoms with Crippen LogP contribution in [-0.4, -0.2) is 4.98 Å². The molecular weight excluding hydrogens is 254 g/mol. The van der Waals surface area contributed by atoms with E-state index in [0.717, 1.165) is 0 Å². The van der Waals surface area contributed by atoms with Gasteiger partial charge in [-0.25, -0.2) is 4.98 Å². The molecule has 1 aromatic carbocycles. The molecule has 0 bridgehead atoms. The number of nitriles is 2. The highest BCUT2D eigenvalue weighted by atomic mass is 16.5. The van der Waals surface area contributed by atoms with Crippen LogP contribution in [0.2, 0.25) is 0 Å². The molecule has 3 rings (SSSR count). The van der Waals surface area contributed by atoms with E-state index in [1.165, 1.54) is 6.20 Å². The summed E-state index contributed by atoms with van der Waals surface area (Å²) in [7, 11) is 0. The number of nitrogens with zero attached hydrogens (tertiary/aromatic N) is 3. The number of ether oxygens (including phenoxy) is 1. The first-order chi connectivity index (χ1) is 9.81. The van der Waals surface area contributed by atoms with Crippen molar-refractivity contribution >= 4 is 11.0 Å². The van der Waals surface area contributed by atoms with Gasteiger partial charge in [-0.3, -0.25) is 0 Å². The summed E-state index contributed by atoms with van der Waals surface area (Å²) in [6.45, 7) is 0. The molecule has 2 aromatic heterocycles. The van der Waals surface area contributed by atoms with Crippen molar-refractivity contribution in [1.82, 2.24) is 4.98 Å². The molecule has 0 amide bonds. The molecule has 0 saturated heterocycles. The average molecular weight is 261 g/mol. The Labute approximate surface area is 114 Å². The molecule has 0 atom stereocenters. The number of para-hydroxylation sites is 1. The van der Waals surface area contributed by atoms with Crippen molar-refractivity contribution in [1.29, 1.82) is 10.5 Å². The lowest BCUT2D eigenvalue weighted by atomic mass is 10.2. The fraction of sp³-hybridized carbons (Fsp3) is 0. The Bertz CT molecular complexity index is 851. The Morgan fingerprint density at radius 2 is 1.90 bits per heavy atom. The Morgan fingerprint density at radius 1 is 1.05 bits per heavy atom. The van der Waals surface area contributed by atoms with Crippen LogP contribution in [0, 0.1) is 22.7 Å². The highest BCUT2D eigenvalue weighted by Gasteiger charge is 2.16. The zero-order chi connectivity index (χ0) is 13.9. The molecule has 0 N–H and O–H groups in total. The molecule has 0 spiro atoms. The molecule has 2 heterocycles. The van der Waals surface area contributed by atoms with Gasteiger partial charge in [-0.15, -0.1) is 0 Å². The van der Waals surface area contributed by atoms with Gasteiger partial charge in [-0.1, -0.05) is 12.1 Å². The molecule has 0 fully saturated rings. The van der Waals surface area contributed by atoms with Gasteiger partial charge in [0.2, 0.25) is 11.6 Å². The van der Waals surface area contributed by atoms with Crippen LogP contribution in [0.5, 0.6) is 11.6 Å². The smallest absolute Gasteiger partial charge is 0.247 e. The van der Waals surface area contributed by atoms with Crippen LogP contribution in [0.1, 0.15) is 11.3 Å². The van der Waals surface area contributed by atoms with Crippen molar-refractivity contribution in [3.8, 4) is 23.8 Å². The molecule has 94 valence electrons. The van der Waals surface area contributed by atoms with Crippen molar-refractivity contribution in [2.24, 2.45) is 0 Å². The maximum atomic E-state index is 9.09. The largest absolute Gasteiger partial charge is 0.442 e. The number of aromatic nitrogens is 1. The summed E-state index contributed by atoms with van der Waals surface area (Å²) in [6.07, 6.45) is 1.41. The van der Waals surface area contributed by atoms with E-state index in [0.29, 0.717) is 28.2 Å². The molecule has 0 aliphatic carbocycles. The molecule has 3 aromatic rings. The standard InChI is InChI=1S/C15H7N3O2/c16-7-10-5-6-14(18-9-10)20-15-11-3-1-2-4-12(11)19-13(15)8-17/h1-6,9H. The van der Waals surface area contributed by atoms with E-state index >= 15 is 0 Å². The molecule has 0 aliphatic rings. The zero-order valence-electron chi connectivity index (χ0n) is 10.2. The fourth-order valence-electron chi connectivity index (χ4n) is 1.81. The van der Waals surface area contributed by atoms with Crippen LogP contribution >= 0.6 is 0 Å². The lowest BCUT2D eigenvalue weighted by molar-refractivity contribution is 0.450. The second-order valence-corrected chi connectivity index (χ2v) is 3.97. The van der Waals surface area contributed by atoms with Crippen LogP contribution in [0.4, 0.5) is 0 Å². The third-order valence-corrected chi connectivity index (χ3v) is 2.72. The van der Waals surface area contributed by atoms with Gasteiger partial charge in [0.1, 0.15) is 17.7 Å². The van der Waals surface area contributed by atoms with Crippen LogP contribution in [-0.2, 0) is 0 Å². The first-order valence-electron chi connectivity index (χ1n) is 5.77. The predicted molar refractivity (Wildman–Crippen MR) is 70.0 cm³/mol. The van der Waals surface area contributed by atoms with E-state index in [4.69, 9.17) is 19.7 Å². The molecule has 20 heavy (non-hydrogen) atoms. The van der Waals surface area contributed by atoms with Gasteiger partial charge in [0.25, 0.3) is 0 Å². The number of benzene rings is 1. The molecule has 0 saturated carbocycles.